The number of nitrogens with zero attached hydrogens (tertiary/aromatic N) is 3. The number of rotatable bonds is 5. The highest BCUT2D eigenvalue weighted by Crippen LogP contribution is 2.11. The molecule has 0 aliphatic rings. The molecule has 1 aromatic heterocycles. The Labute approximate surface area is 148 Å². The van der Waals surface area contributed by atoms with Crippen molar-refractivity contribution in [3.8, 4) is 5.69 Å². The topological polar surface area (TPSA) is 54.2 Å². The molecule has 2 N–H and O–H groups in total. The third-order valence-electron chi connectivity index (χ3n) is 4.02. The minimum absolute atomic E-state index is 0.183. The highest BCUT2D eigenvalue weighted by molar-refractivity contribution is 5.80. The largest absolute Gasteiger partial charge is 0.352 e. The second-order valence-corrected chi connectivity index (χ2v) is 5.82. The number of hydrogen-bond donors (Lipinski definition) is 2. The SMILES string of the molecule is CN=C(NCc1cccc(-n2cccn2)c1)NC(C)c1ccccc1. The summed E-state index contributed by atoms with van der Waals surface area (Å²) in [6.45, 7) is 2.82. The Morgan fingerprint density at radius 1 is 1.12 bits per heavy atom. The highest BCUT2D eigenvalue weighted by atomic mass is 15.3. The summed E-state index contributed by atoms with van der Waals surface area (Å²) in [5.41, 5.74) is 3.44. The van der Waals surface area contributed by atoms with Gasteiger partial charge in [-0.05, 0) is 36.2 Å². The summed E-state index contributed by atoms with van der Waals surface area (Å²) in [7, 11) is 1.78. The monoisotopic (exact) mass is 333 g/mol. The van der Waals surface area contributed by atoms with Crippen molar-refractivity contribution in [1.82, 2.24) is 20.4 Å². The molecule has 25 heavy (non-hydrogen) atoms. The molecule has 128 valence electrons. The van der Waals surface area contributed by atoms with Crippen LogP contribution < -0.4 is 10.6 Å². The van der Waals surface area contributed by atoms with Crippen LogP contribution in [0.1, 0.15) is 24.1 Å². The maximum Gasteiger partial charge on any atom is 0.191 e. The third-order valence-corrected chi connectivity index (χ3v) is 4.02. The normalized spacial score (nSPS) is 12.6. The van der Waals surface area contributed by atoms with Crippen molar-refractivity contribution in [2.24, 2.45) is 4.99 Å². The smallest absolute Gasteiger partial charge is 0.191 e. The van der Waals surface area contributed by atoms with Gasteiger partial charge in [-0.3, -0.25) is 4.99 Å². The van der Waals surface area contributed by atoms with Crippen LogP contribution in [0.3, 0.4) is 0 Å². The van der Waals surface area contributed by atoms with Crippen molar-refractivity contribution in [2.75, 3.05) is 7.05 Å². The third kappa shape index (κ3) is 4.47. The van der Waals surface area contributed by atoms with E-state index in [4.69, 9.17) is 0 Å². The molecule has 0 aliphatic heterocycles. The standard InChI is InChI=1S/C20H23N5/c1-16(18-9-4-3-5-10-18)24-20(21-2)22-15-17-8-6-11-19(14-17)25-13-7-12-23-25/h3-14,16H,15H2,1-2H3,(H2,21,22,24). The van der Waals surface area contributed by atoms with Crippen LogP contribution in [0, 0.1) is 0 Å². The molecule has 3 aromatic rings. The van der Waals surface area contributed by atoms with Crippen molar-refractivity contribution < 1.29 is 0 Å². The summed E-state index contributed by atoms with van der Waals surface area (Å²) in [5, 5.41) is 11.1. The van der Waals surface area contributed by atoms with E-state index in [0.29, 0.717) is 6.54 Å². The lowest BCUT2D eigenvalue weighted by Crippen LogP contribution is -2.38. The lowest BCUT2D eigenvalue weighted by molar-refractivity contribution is 0.685. The molecule has 1 heterocycles. The molecule has 0 saturated carbocycles. The van der Waals surface area contributed by atoms with E-state index < -0.39 is 0 Å². The van der Waals surface area contributed by atoms with E-state index in [1.807, 2.05) is 47.3 Å². The van der Waals surface area contributed by atoms with Gasteiger partial charge in [0.2, 0.25) is 0 Å². The molecule has 3 rings (SSSR count). The first-order valence-electron chi connectivity index (χ1n) is 8.37. The molecule has 0 bridgehead atoms. The molecule has 0 amide bonds. The van der Waals surface area contributed by atoms with Gasteiger partial charge in [0.25, 0.3) is 0 Å². The Morgan fingerprint density at radius 3 is 2.68 bits per heavy atom. The molecular formula is C20H23N5. The van der Waals surface area contributed by atoms with Crippen molar-refractivity contribution in [1.29, 1.82) is 0 Å². The lowest BCUT2D eigenvalue weighted by Gasteiger charge is -2.18. The number of aromatic nitrogens is 2. The maximum absolute atomic E-state index is 4.32. The number of aliphatic imine (C=N–C) groups is 1. The van der Waals surface area contributed by atoms with Gasteiger partial charge in [0.05, 0.1) is 11.7 Å². The van der Waals surface area contributed by atoms with Gasteiger partial charge in [-0.25, -0.2) is 4.68 Å². The fraction of sp³-hybridized carbons (Fsp3) is 0.200. The Hall–Kier alpha value is -3.08. The molecule has 5 heteroatoms. The van der Waals surface area contributed by atoms with Crippen molar-refractivity contribution in [2.45, 2.75) is 19.5 Å². The van der Waals surface area contributed by atoms with Gasteiger partial charge in [0, 0.05) is 26.0 Å². The van der Waals surface area contributed by atoms with E-state index >= 15 is 0 Å². The number of nitrogens with one attached hydrogen (secondary N) is 2. The second kappa shape index (κ2) is 8.15. The molecule has 0 fully saturated rings. The Kier molecular flexibility index (Phi) is 5.46. The van der Waals surface area contributed by atoms with E-state index in [2.05, 4.69) is 51.9 Å². The summed E-state index contributed by atoms with van der Waals surface area (Å²) in [4.78, 5) is 4.32. The fourth-order valence-electron chi connectivity index (χ4n) is 2.64. The molecule has 2 aromatic carbocycles. The minimum Gasteiger partial charge on any atom is -0.352 e. The lowest BCUT2D eigenvalue weighted by atomic mass is 10.1. The highest BCUT2D eigenvalue weighted by Gasteiger charge is 2.07. The van der Waals surface area contributed by atoms with Gasteiger partial charge in [-0.15, -0.1) is 0 Å². The zero-order chi connectivity index (χ0) is 17.5. The van der Waals surface area contributed by atoms with Crippen LogP contribution in [-0.4, -0.2) is 22.8 Å². The van der Waals surface area contributed by atoms with Crippen LogP contribution in [0.4, 0.5) is 0 Å². The minimum atomic E-state index is 0.183. The average molecular weight is 333 g/mol. The first kappa shape index (κ1) is 16.8. The quantitative estimate of drug-likeness (QED) is 0.556. The van der Waals surface area contributed by atoms with Crippen molar-refractivity contribution >= 4 is 5.96 Å². The fourth-order valence-corrected chi connectivity index (χ4v) is 2.64. The molecule has 1 unspecified atom stereocenters. The van der Waals surface area contributed by atoms with Crippen LogP contribution in [0.25, 0.3) is 5.69 Å². The van der Waals surface area contributed by atoms with Crippen LogP contribution >= 0.6 is 0 Å². The van der Waals surface area contributed by atoms with Gasteiger partial charge in [-0.1, -0.05) is 42.5 Å². The number of benzene rings is 2. The first-order valence-corrected chi connectivity index (χ1v) is 8.37. The molecule has 5 nitrogen and oxygen atoms in total. The van der Waals surface area contributed by atoms with E-state index in [0.717, 1.165) is 11.6 Å². The van der Waals surface area contributed by atoms with Crippen LogP contribution in [0.5, 0.6) is 0 Å². The van der Waals surface area contributed by atoms with E-state index in [1.165, 1.54) is 11.1 Å². The Balaban J connectivity index is 1.61. The molecule has 0 radical (unpaired) electrons. The van der Waals surface area contributed by atoms with Crippen LogP contribution in [0.15, 0.2) is 78.0 Å². The predicted octanol–water partition coefficient (Wildman–Crippen LogP) is 3.30. The zero-order valence-corrected chi connectivity index (χ0v) is 14.6. The molecule has 1 atom stereocenters. The molecule has 0 saturated heterocycles. The van der Waals surface area contributed by atoms with Gasteiger partial charge in [-0.2, -0.15) is 5.10 Å². The molecule has 0 aliphatic carbocycles. The first-order chi connectivity index (χ1) is 12.3. The number of hydrogen-bond acceptors (Lipinski definition) is 2. The summed E-state index contributed by atoms with van der Waals surface area (Å²) < 4.78 is 1.86. The summed E-state index contributed by atoms with van der Waals surface area (Å²) in [6, 6.07) is 20.7. The second-order valence-electron chi connectivity index (χ2n) is 5.82. The van der Waals surface area contributed by atoms with E-state index in [9.17, 15) is 0 Å². The van der Waals surface area contributed by atoms with Crippen LogP contribution in [0.2, 0.25) is 0 Å². The van der Waals surface area contributed by atoms with Crippen LogP contribution in [-0.2, 0) is 6.54 Å². The van der Waals surface area contributed by atoms with Gasteiger partial charge in [0.1, 0.15) is 0 Å². The van der Waals surface area contributed by atoms with Gasteiger partial charge >= 0.3 is 0 Å². The Bertz CT molecular complexity index is 809. The molecule has 0 spiro atoms. The summed E-state index contributed by atoms with van der Waals surface area (Å²) in [5.74, 6) is 0.779. The summed E-state index contributed by atoms with van der Waals surface area (Å²) in [6.07, 6.45) is 3.72. The number of guanidine groups is 1. The van der Waals surface area contributed by atoms with Gasteiger partial charge < -0.3 is 10.6 Å². The Morgan fingerprint density at radius 2 is 1.96 bits per heavy atom. The van der Waals surface area contributed by atoms with Gasteiger partial charge in [0.15, 0.2) is 5.96 Å². The van der Waals surface area contributed by atoms with Crippen molar-refractivity contribution in [3.05, 3.63) is 84.2 Å². The maximum atomic E-state index is 4.32. The summed E-state index contributed by atoms with van der Waals surface area (Å²) >= 11 is 0. The predicted molar refractivity (Wildman–Crippen MR) is 102 cm³/mol. The van der Waals surface area contributed by atoms with E-state index in [1.54, 1.807) is 13.2 Å². The molecular weight excluding hydrogens is 310 g/mol. The van der Waals surface area contributed by atoms with Crippen molar-refractivity contribution in [3.63, 3.8) is 0 Å². The average Bonchev–Trinajstić information content (AvgIpc) is 3.21. The zero-order valence-electron chi connectivity index (χ0n) is 14.6. The van der Waals surface area contributed by atoms with E-state index in [-0.39, 0.29) is 6.04 Å².